The number of rotatable bonds is 5. The van der Waals surface area contributed by atoms with E-state index in [9.17, 15) is 17.6 Å². The average molecular weight is 391 g/mol. The third-order valence-corrected chi connectivity index (χ3v) is 6.70. The summed E-state index contributed by atoms with van der Waals surface area (Å²) >= 11 is 0. The van der Waals surface area contributed by atoms with Gasteiger partial charge in [0.2, 0.25) is 15.9 Å². The van der Waals surface area contributed by atoms with E-state index in [-0.39, 0.29) is 35.9 Å². The molecule has 1 aromatic carbocycles. The Morgan fingerprint density at radius 2 is 1.85 bits per heavy atom. The van der Waals surface area contributed by atoms with Crippen LogP contribution in [0.4, 0.5) is 4.39 Å². The van der Waals surface area contributed by atoms with Gasteiger partial charge in [0, 0.05) is 25.2 Å². The predicted octanol–water partition coefficient (Wildman–Crippen LogP) is 2.50. The first-order valence-electron chi connectivity index (χ1n) is 8.85. The van der Waals surface area contributed by atoms with Gasteiger partial charge in [0.25, 0.3) is 0 Å². The van der Waals surface area contributed by atoms with Crippen LogP contribution in [0.2, 0.25) is 0 Å². The van der Waals surface area contributed by atoms with Crippen molar-refractivity contribution in [2.24, 2.45) is 5.92 Å². The van der Waals surface area contributed by atoms with Crippen LogP contribution in [0.3, 0.4) is 0 Å². The lowest BCUT2D eigenvalue weighted by Crippen LogP contribution is -2.43. The van der Waals surface area contributed by atoms with Gasteiger partial charge in [0.1, 0.15) is 10.7 Å². The van der Waals surface area contributed by atoms with Crippen molar-refractivity contribution in [2.45, 2.75) is 30.7 Å². The number of carbonyl (C=O) groups is 1. The molecule has 3 rings (SSSR count). The fraction of sp³-hybridized carbons (Fsp3) is 0.368. The molecule has 1 aromatic heterocycles. The fourth-order valence-corrected chi connectivity index (χ4v) is 4.72. The maximum absolute atomic E-state index is 13.9. The summed E-state index contributed by atoms with van der Waals surface area (Å²) in [5.74, 6) is -1.15. The van der Waals surface area contributed by atoms with Crippen LogP contribution in [0.5, 0.6) is 0 Å². The van der Waals surface area contributed by atoms with E-state index in [2.05, 4.69) is 10.3 Å². The highest BCUT2D eigenvalue weighted by Gasteiger charge is 2.33. The third-order valence-electron chi connectivity index (χ3n) is 4.77. The molecule has 0 bridgehead atoms. The van der Waals surface area contributed by atoms with Gasteiger partial charge >= 0.3 is 0 Å². The van der Waals surface area contributed by atoms with Crippen LogP contribution in [-0.4, -0.2) is 36.7 Å². The Morgan fingerprint density at radius 1 is 1.19 bits per heavy atom. The molecule has 1 fully saturated rings. The summed E-state index contributed by atoms with van der Waals surface area (Å²) in [5.41, 5.74) is 0.769. The number of benzene rings is 1. The van der Waals surface area contributed by atoms with Crippen LogP contribution in [0.25, 0.3) is 0 Å². The lowest BCUT2D eigenvalue weighted by molar-refractivity contribution is -0.126. The Balaban J connectivity index is 1.60. The van der Waals surface area contributed by atoms with E-state index in [1.165, 1.54) is 22.5 Å². The zero-order chi connectivity index (χ0) is 19.4. The van der Waals surface area contributed by atoms with Gasteiger partial charge in [-0.05, 0) is 44.0 Å². The number of halogens is 1. The standard InChI is InChI=1S/C19H22FN3O3S/c1-14(17-7-4-5-11-21-17)22-19(24)15-9-12-23(13-10-15)27(25,26)18-8-3-2-6-16(18)20/h2-8,11,14-15H,9-10,12-13H2,1H3,(H,22,24). The van der Waals surface area contributed by atoms with Crippen molar-refractivity contribution in [3.05, 3.63) is 60.2 Å². The summed E-state index contributed by atoms with van der Waals surface area (Å²) in [6, 6.07) is 10.6. The van der Waals surface area contributed by atoms with Crippen LogP contribution >= 0.6 is 0 Å². The second kappa shape index (κ2) is 8.14. The molecule has 0 radical (unpaired) electrons. The van der Waals surface area contributed by atoms with Gasteiger partial charge in [0.05, 0.1) is 11.7 Å². The fourth-order valence-electron chi connectivity index (χ4n) is 3.19. The molecule has 144 valence electrons. The van der Waals surface area contributed by atoms with Gasteiger partial charge in [-0.1, -0.05) is 18.2 Å². The highest BCUT2D eigenvalue weighted by atomic mass is 32.2. The molecule has 8 heteroatoms. The van der Waals surface area contributed by atoms with E-state index < -0.39 is 15.8 Å². The molecule has 27 heavy (non-hydrogen) atoms. The molecule has 1 atom stereocenters. The van der Waals surface area contributed by atoms with Gasteiger partial charge in [-0.2, -0.15) is 4.31 Å². The number of hydrogen-bond donors (Lipinski definition) is 1. The summed E-state index contributed by atoms with van der Waals surface area (Å²) in [6.07, 6.45) is 2.47. The first-order chi connectivity index (χ1) is 12.9. The molecule has 1 N–H and O–H groups in total. The maximum Gasteiger partial charge on any atom is 0.245 e. The number of aromatic nitrogens is 1. The summed E-state index contributed by atoms with van der Waals surface area (Å²) in [6.45, 7) is 2.23. The van der Waals surface area contributed by atoms with Gasteiger partial charge in [-0.25, -0.2) is 12.8 Å². The van der Waals surface area contributed by atoms with E-state index in [0.29, 0.717) is 12.8 Å². The molecule has 1 aliphatic rings. The van der Waals surface area contributed by atoms with Crippen LogP contribution in [0, 0.1) is 11.7 Å². The minimum absolute atomic E-state index is 0.115. The molecule has 2 aromatic rings. The first kappa shape index (κ1) is 19.4. The van der Waals surface area contributed by atoms with E-state index in [1.54, 1.807) is 6.20 Å². The van der Waals surface area contributed by atoms with Crippen molar-refractivity contribution in [3.8, 4) is 0 Å². The smallest absolute Gasteiger partial charge is 0.245 e. The molecule has 6 nitrogen and oxygen atoms in total. The van der Waals surface area contributed by atoms with Crippen LogP contribution in [0.1, 0.15) is 31.5 Å². The minimum Gasteiger partial charge on any atom is -0.348 e. The van der Waals surface area contributed by atoms with Crippen molar-refractivity contribution in [1.82, 2.24) is 14.6 Å². The predicted molar refractivity (Wildman–Crippen MR) is 98.7 cm³/mol. The van der Waals surface area contributed by atoms with Gasteiger partial charge in [-0.15, -0.1) is 0 Å². The van der Waals surface area contributed by atoms with Crippen LogP contribution < -0.4 is 5.32 Å². The molecule has 0 saturated carbocycles. The van der Waals surface area contributed by atoms with Crippen molar-refractivity contribution >= 4 is 15.9 Å². The molecule has 0 aliphatic carbocycles. The molecule has 1 saturated heterocycles. The molecular weight excluding hydrogens is 369 g/mol. The Kier molecular flexibility index (Phi) is 5.86. The zero-order valence-corrected chi connectivity index (χ0v) is 15.8. The Bertz CT molecular complexity index is 897. The van der Waals surface area contributed by atoms with Gasteiger partial charge < -0.3 is 5.32 Å². The summed E-state index contributed by atoms with van der Waals surface area (Å²) < 4.78 is 40.4. The summed E-state index contributed by atoms with van der Waals surface area (Å²) in [7, 11) is -3.89. The molecule has 1 amide bonds. The number of hydrogen-bond acceptors (Lipinski definition) is 4. The number of nitrogens with zero attached hydrogens (tertiary/aromatic N) is 2. The second-order valence-electron chi connectivity index (χ2n) is 6.59. The SMILES string of the molecule is CC(NC(=O)C1CCN(S(=O)(=O)c2ccccc2F)CC1)c1ccccn1. The van der Waals surface area contributed by atoms with Crippen molar-refractivity contribution in [3.63, 3.8) is 0 Å². The van der Waals surface area contributed by atoms with Crippen LogP contribution in [0.15, 0.2) is 53.6 Å². The lowest BCUT2D eigenvalue weighted by Gasteiger charge is -2.31. The topological polar surface area (TPSA) is 79.4 Å². The minimum atomic E-state index is -3.89. The van der Waals surface area contributed by atoms with Crippen molar-refractivity contribution < 1.29 is 17.6 Å². The number of sulfonamides is 1. The third kappa shape index (κ3) is 4.33. The zero-order valence-electron chi connectivity index (χ0n) is 15.0. The number of pyridine rings is 1. The van der Waals surface area contributed by atoms with Crippen LogP contribution in [-0.2, 0) is 14.8 Å². The van der Waals surface area contributed by atoms with E-state index in [0.717, 1.165) is 11.8 Å². The average Bonchev–Trinajstić information content (AvgIpc) is 2.69. The van der Waals surface area contributed by atoms with E-state index >= 15 is 0 Å². The first-order valence-corrected chi connectivity index (χ1v) is 10.3. The molecule has 1 unspecified atom stereocenters. The normalized spacial score (nSPS) is 17.4. The van der Waals surface area contributed by atoms with Gasteiger partial charge in [0.15, 0.2) is 0 Å². The largest absolute Gasteiger partial charge is 0.348 e. The lowest BCUT2D eigenvalue weighted by atomic mass is 9.97. The number of carbonyl (C=O) groups excluding carboxylic acids is 1. The molecule has 2 heterocycles. The maximum atomic E-state index is 13.9. The van der Waals surface area contributed by atoms with Gasteiger partial charge in [-0.3, -0.25) is 9.78 Å². The van der Waals surface area contributed by atoms with Crippen molar-refractivity contribution in [2.75, 3.05) is 13.1 Å². The van der Waals surface area contributed by atoms with Crippen molar-refractivity contribution in [1.29, 1.82) is 0 Å². The van der Waals surface area contributed by atoms with E-state index in [4.69, 9.17) is 0 Å². The second-order valence-corrected chi connectivity index (χ2v) is 8.50. The van der Waals surface area contributed by atoms with E-state index in [1.807, 2.05) is 25.1 Å². The molecular formula is C19H22FN3O3S. The number of piperidine rings is 1. The highest BCUT2D eigenvalue weighted by molar-refractivity contribution is 7.89. The Hall–Kier alpha value is -2.32. The highest BCUT2D eigenvalue weighted by Crippen LogP contribution is 2.25. The molecule has 1 aliphatic heterocycles. The number of amides is 1. The quantitative estimate of drug-likeness (QED) is 0.849. The molecule has 0 spiro atoms. The summed E-state index contributed by atoms with van der Waals surface area (Å²) in [5, 5.41) is 2.93. The summed E-state index contributed by atoms with van der Waals surface area (Å²) in [4.78, 5) is 16.4. The Morgan fingerprint density at radius 3 is 2.48 bits per heavy atom. The number of nitrogens with one attached hydrogen (secondary N) is 1. The Labute approximate surface area is 158 Å². The monoisotopic (exact) mass is 391 g/mol.